The Hall–Kier alpha value is -3.04. The second kappa shape index (κ2) is 7.90. The molecule has 0 saturated carbocycles. The number of hydrogen-bond donors (Lipinski definition) is 2. The predicted molar refractivity (Wildman–Crippen MR) is 115 cm³/mol. The van der Waals surface area contributed by atoms with Gasteiger partial charge >= 0.3 is 0 Å². The van der Waals surface area contributed by atoms with Crippen molar-refractivity contribution < 1.29 is 14.2 Å². The third kappa shape index (κ3) is 3.75. The molecule has 2 bridgehead atoms. The first kappa shape index (κ1) is 19.9. The Balaban J connectivity index is 1.35. The van der Waals surface area contributed by atoms with E-state index in [0.29, 0.717) is 36.7 Å². The molecule has 0 radical (unpaired) electrons. The predicted octanol–water partition coefficient (Wildman–Crippen LogP) is 2.15. The van der Waals surface area contributed by atoms with Gasteiger partial charge in [0.15, 0.2) is 5.82 Å². The number of alkyl halides is 1. The lowest BCUT2D eigenvalue weighted by molar-refractivity contribution is -0.0175. The number of piperidine rings is 1. The maximum atomic E-state index is 15.0. The molecule has 3 aromatic rings. The van der Waals surface area contributed by atoms with E-state index in [1.165, 1.54) is 0 Å². The summed E-state index contributed by atoms with van der Waals surface area (Å²) in [5.41, 5.74) is 2.74. The number of aromatic hydroxyl groups is 1. The van der Waals surface area contributed by atoms with Crippen LogP contribution in [0.4, 0.5) is 10.2 Å². The number of benzene rings is 1. The topological polar surface area (TPSA) is 88.3 Å². The van der Waals surface area contributed by atoms with Crippen molar-refractivity contribution in [2.45, 2.75) is 30.7 Å². The van der Waals surface area contributed by atoms with Gasteiger partial charge in [-0.3, -0.25) is 4.68 Å². The molecule has 2 aromatic heterocycles. The molecule has 1 aromatic carbocycles. The molecule has 2 aliphatic rings. The van der Waals surface area contributed by atoms with Gasteiger partial charge in [0.05, 0.1) is 36.7 Å². The minimum atomic E-state index is -1.05. The van der Waals surface area contributed by atoms with Gasteiger partial charge in [0.1, 0.15) is 11.9 Å². The first-order valence-electron chi connectivity index (χ1n) is 10.4. The lowest BCUT2D eigenvalue weighted by Crippen LogP contribution is -2.65. The molecule has 0 unspecified atom stereocenters. The second-order valence-corrected chi connectivity index (χ2v) is 8.25. The summed E-state index contributed by atoms with van der Waals surface area (Å²) in [7, 11) is 3.70. The van der Waals surface area contributed by atoms with E-state index in [1.807, 2.05) is 43.4 Å². The van der Waals surface area contributed by atoms with Gasteiger partial charge in [0.2, 0.25) is 0 Å². The second-order valence-electron chi connectivity index (χ2n) is 8.25. The molecular formula is C22H25FN6O2. The van der Waals surface area contributed by atoms with Crippen molar-refractivity contribution in [2.24, 2.45) is 7.05 Å². The minimum Gasteiger partial charge on any atom is -0.507 e. The first-order chi connectivity index (χ1) is 15.0. The molecule has 5 rings (SSSR count). The Labute approximate surface area is 179 Å². The zero-order valence-corrected chi connectivity index (χ0v) is 17.4. The Morgan fingerprint density at radius 1 is 1.16 bits per heavy atom. The lowest BCUT2D eigenvalue weighted by atomic mass is 9.90. The molecule has 9 heteroatoms. The average Bonchev–Trinajstić information content (AvgIpc) is 3.22. The van der Waals surface area contributed by atoms with Crippen molar-refractivity contribution in [3.8, 4) is 28.3 Å². The SMILES string of the molecule is CN(c1ccc(-c2ccc(-c3ccn(C)n3)cc2O)nn1)[C@H]1C[C@H]2COC[C@@H](N2)[C@H]1F. The lowest BCUT2D eigenvalue weighted by Gasteiger charge is -2.45. The Kier molecular flexibility index (Phi) is 5.07. The van der Waals surface area contributed by atoms with Crippen LogP contribution < -0.4 is 10.2 Å². The maximum absolute atomic E-state index is 15.0. The van der Waals surface area contributed by atoms with E-state index in [9.17, 15) is 9.50 Å². The van der Waals surface area contributed by atoms with E-state index in [-0.39, 0.29) is 23.9 Å². The minimum absolute atomic E-state index is 0.105. The Bertz CT molecular complexity index is 1070. The van der Waals surface area contributed by atoms with Gasteiger partial charge in [0, 0.05) is 37.5 Å². The number of anilines is 1. The standard InChI is InChI=1S/C22H25FN6O2/c1-28-8-7-16(27-28)13-3-4-15(20(30)9-13)17-5-6-21(26-25-17)29(2)19-10-14-11-31-12-18(24-14)22(19)23/h3-9,14,18-19,22,24,30H,10-12H2,1-2H3/t14-,18+,19-,22+/m0/s1. The fourth-order valence-corrected chi connectivity index (χ4v) is 4.42. The summed E-state index contributed by atoms with van der Waals surface area (Å²) in [6.07, 6.45) is 1.45. The van der Waals surface area contributed by atoms with Crippen LogP contribution >= 0.6 is 0 Å². The smallest absolute Gasteiger partial charge is 0.151 e. The van der Waals surface area contributed by atoms with E-state index in [0.717, 1.165) is 11.3 Å². The molecule has 4 atom stereocenters. The van der Waals surface area contributed by atoms with Crippen molar-refractivity contribution in [1.29, 1.82) is 0 Å². The quantitative estimate of drug-likeness (QED) is 0.664. The number of ether oxygens (including phenoxy) is 1. The number of nitrogens with one attached hydrogen (secondary N) is 1. The third-order valence-electron chi connectivity index (χ3n) is 6.14. The number of aromatic nitrogens is 4. The molecule has 162 valence electrons. The zero-order valence-electron chi connectivity index (χ0n) is 17.4. The Morgan fingerprint density at radius 3 is 2.74 bits per heavy atom. The largest absolute Gasteiger partial charge is 0.507 e. The number of hydrogen-bond acceptors (Lipinski definition) is 7. The molecule has 0 aliphatic carbocycles. The van der Waals surface area contributed by atoms with Gasteiger partial charge in [-0.25, -0.2) is 4.39 Å². The molecule has 2 fully saturated rings. The number of phenolic OH excluding ortho intramolecular Hbond substituents is 1. The highest BCUT2D eigenvalue weighted by Crippen LogP contribution is 2.33. The van der Waals surface area contributed by atoms with Gasteiger partial charge in [-0.15, -0.1) is 10.2 Å². The van der Waals surface area contributed by atoms with Gasteiger partial charge < -0.3 is 20.1 Å². The summed E-state index contributed by atoms with van der Waals surface area (Å²) in [5.74, 6) is 0.704. The molecule has 31 heavy (non-hydrogen) atoms. The van der Waals surface area contributed by atoms with E-state index in [4.69, 9.17) is 4.74 Å². The van der Waals surface area contributed by atoms with Gasteiger partial charge in [-0.2, -0.15) is 5.10 Å². The van der Waals surface area contributed by atoms with Crippen LogP contribution in [-0.4, -0.2) is 69.6 Å². The van der Waals surface area contributed by atoms with Crippen LogP contribution in [0.2, 0.25) is 0 Å². The molecular weight excluding hydrogens is 399 g/mol. The van der Waals surface area contributed by atoms with Crippen molar-refractivity contribution in [3.63, 3.8) is 0 Å². The zero-order chi connectivity index (χ0) is 21.5. The Morgan fingerprint density at radius 2 is 2.03 bits per heavy atom. The number of fused-ring (bicyclic) bond motifs is 2. The van der Waals surface area contributed by atoms with Crippen LogP contribution in [-0.2, 0) is 11.8 Å². The number of phenols is 1. The summed E-state index contributed by atoms with van der Waals surface area (Å²) in [4.78, 5) is 1.86. The average molecular weight is 424 g/mol. The molecule has 2 saturated heterocycles. The first-order valence-corrected chi connectivity index (χ1v) is 10.4. The number of nitrogens with zero attached hydrogens (tertiary/aromatic N) is 5. The fraction of sp³-hybridized carbons (Fsp3) is 0.409. The molecule has 2 N–H and O–H groups in total. The molecule has 4 heterocycles. The van der Waals surface area contributed by atoms with Crippen LogP contribution in [0.25, 0.3) is 22.5 Å². The summed E-state index contributed by atoms with van der Waals surface area (Å²) < 4.78 is 22.2. The number of aryl methyl sites for hydroxylation is 1. The number of rotatable bonds is 4. The van der Waals surface area contributed by atoms with Gasteiger partial charge in [-0.1, -0.05) is 6.07 Å². The van der Waals surface area contributed by atoms with Gasteiger partial charge in [0.25, 0.3) is 0 Å². The molecule has 8 nitrogen and oxygen atoms in total. The fourth-order valence-electron chi connectivity index (χ4n) is 4.42. The molecule has 0 amide bonds. The highest BCUT2D eigenvalue weighted by Gasteiger charge is 2.42. The molecule has 2 aliphatic heterocycles. The third-order valence-corrected chi connectivity index (χ3v) is 6.14. The van der Waals surface area contributed by atoms with Crippen molar-refractivity contribution in [3.05, 3.63) is 42.6 Å². The maximum Gasteiger partial charge on any atom is 0.151 e. The van der Waals surface area contributed by atoms with E-state index in [1.54, 1.807) is 22.9 Å². The van der Waals surface area contributed by atoms with Crippen molar-refractivity contribution in [1.82, 2.24) is 25.3 Å². The highest BCUT2D eigenvalue weighted by atomic mass is 19.1. The van der Waals surface area contributed by atoms with Crippen LogP contribution in [0.15, 0.2) is 42.6 Å². The van der Waals surface area contributed by atoms with Crippen LogP contribution in [0.1, 0.15) is 6.42 Å². The highest BCUT2D eigenvalue weighted by molar-refractivity contribution is 5.73. The van der Waals surface area contributed by atoms with E-state index in [2.05, 4.69) is 20.6 Å². The monoisotopic (exact) mass is 424 g/mol. The molecule has 0 spiro atoms. The summed E-state index contributed by atoms with van der Waals surface area (Å²) in [5, 5.41) is 26.8. The normalized spacial score (nSPS) is 25.4. The summed E-state index contributed by atoms with van der Waals surface area (Å²) in [6, 6.07) is 10.4. The summed E-state index contributed by atoms with van der Waals surface area (Å²) in [6.45, 7) is 0.992. The summed E-state index contributed by atoms with van der Waals surface area (Å²) >= 11 is 0. The van der Waals surface area contributed by atoms with Crippen LogP contribution in [0.3, 0.4) is 0 Å². The van der Waals surface area contributed by atoms with Crippen molar-refractivity contribution >= 4 is 5.82 Å². The van der Waals surface area contributed by atoms with E-state index >= 15 is 0 Å². The van der Waals surface area contributed by atoms with Crippen LogP contribution in [0.5, 0.6) is 5.75 Å². The van der Waals surface area contributed by atoms with Gasteiger partial charge in [-0.05, 0) is 36.8 Å². The van der Waals surface area contributed by atoms with Crippen molar-refractivity contribution in [2.75, 3.05) is 25.2 Å². The number of halogens is 1. The number of morpholine rings is 1. The van der Waals surface area contributed by atoms with Crippen LogP contribution in [0, 0.1) is 0 Å². The van der Waals surface area contributed by atoms with E-state index < -0.39 is 6.17 Å².